The summed E-state index contributed by atoms with van der Waals surface area (Å²) in [6, 6.07) is 13.1. The van der Waals surface area contributed by atoms with Crippen LogP contribution in [-0.4, -0.2) is 26.4 Å². The number of urea groups is 1. The van der Waals surface area contributed by atoms with E-state index >= 15 is 0 Å². The Morgan fingerprint density at radius 3 is 2.59 bits per heavy atom. The van der Waals surface area contributed by atoms with Crippen LogP contribution in [0.1, 0.15) is 22.5 Å². The van der Waals surface area contributed by atoms with Crippen LogP contribution in [0.3, 0.4) is 0 Å². The Kier molecular flexibility index (Phi) is 4.72. The second-order valence-corrected chi connectivity index (χ2v) is 6.82. The van der Waals surface area contributed by atoms with Gasteiger partial charge in [-0.3, -0.25) is 9.69 Å². The summed E-state index contributed by atoms with van der Waals surface area (Å²) in [4.78, 5) is 30.4. The monoisotopic (exact) mass is 390 g/mol. The standard InChI is InChI=1S/C22H19FN4O2/c1-14-11-17(15(2)27(14)20-9-5-6-10-24-20)12-19-21(28)26(22(29)25-19)13-16-7-3-4-8-18(16)23/h3-12H,13H2,1-2H3,(H,25,29)/b19-12-. The predicted octanol–water partition coefficient (Wildman–Crippen LogP) is 3.72. The van der Waals surface area contributed by atoms with Crippen molar-refractivity contribution in [3.63, 3.8) is 0 Å². The molecule has 1 aliphatic rings. The third kappa shape index (κ3) is 3.42. The minimum atomic E-state index is -0.567. The van der Waals surface area contributed by atoms with Crippen LogP contribution in [0, 0.1) is 19.7 Å². The van der Waals surface area contributed by atoms with E-state index in [1.165, 1.54) is 6.07 Å². The number of halogens is 1. The lowest BCUT2D eigenvalue weighted by Gasteiger charge is -2.12. The highest BCUT2D eigenvalue weighted by Gasteiger charge is 2.34. The number of rotatable bonds is 4. The van der Waals surface area contributed by atoms with Crippen molar-refractivity contribution in [2.24, 2.45) is 0 Å². The number of pyridine rings is 1. The highest BCUT2D eigenvalue weighted by molar-refractivity contribution is 6.13. The van der Waals surface area contributed by atoms with Gasteiger partial charge in [-0.2, -0.15) is 0 Å². The lowest BCUT2D eigenvalue weighted by atomic mass is 10.2. The summed E-state index contributed by atoms with van der Waals surface area (Å²) in [5.41, 5.74) is 3.08. The fourth-order valence-corrected chi connectivity index (χ4v) is 3.44. The van der Waals surface area contributed by atoms with Crippen molar-refractivity contribution in [1.82, 2.24) is 19.8 Å². The first-order valence-corrected chi connectivity index (χ1v) is 9.14. The highest BCUT2D eigenvalue weighted by Crippen LogP contribution is 2.24. The minimum absolute atomic E-state index is 0.123. The van der Waals surface area contributed by atoms with Crippen molar-refractivity contribution in [3.05, 3.63) is 88.8 Å². The molecule has 0 bridgehead atoms. The topological polar surface area (TPSA) is 67.2 Å². The molecule has 1 aromatic carbocycles. The van der Waals surface area contributed by atoms with Crippen LogP contribution in [-0.2, 0) is 11.3 Å². The number of hydrogen-bond donors (Lipinski definition) is 1. The average molecular weight is 390 g/mol. The summed E-state index contributed by atoms with van der Waals surface area (Å²) < 4.78 is 15.9. The number of imide groups is 1. The van der Waals surface area contributed by atoms with Crippen LogP contribution >= 0.6 is 0 Å². The first kappa shape index (κ1) is 18.6. The lowest BCUT2D eigenvalue weighted by molar-refractivity contribution is -0.123. The fraction of sp³-hybridized carbons (Fsp3) is 0.136. The molecule has 1 saturated heterocycles. The SMILES string of the molecule is Cc1cc(/C=C2\NC(=O)N(Cc3ccccc3F)C2=O)c(C)n1-c1ccccn1. The zero-order valence-electron chi connectivity index (χ0n) is 16.0. The molecule has 146 valence electrons. The largest absolute Gasteiger partial charge is 0.329 e. The van der Waals surface area contributed by atoms with Crippen molar-refractivity contribution in [2.45, 2.75) is 20.4 Å². The minimum Gasteiger partial charge on any atom is -0.303 e. The van der Waals surface area contributed by atoms with Gasteiger partial charge in [-0.05, 0) is 49.8 Å². The van der Waals surface area contributed by atoms with E-state index in [4.69, 9.17) is 0 Å². The Bertz CT molecular complexity index is 1130. The van der Waals surface area contributed by atoms with E-state index in [-0.39, 0.29) is 17.8 Å². The summed E-state index contributed by atoms with van der Waals surface area (Å²) >= 11 is 0. The number of nitrogens with zero attached hydrogens (tertiary/aromatic N) is 3. The van der Waals surface area contributed by atoms with Crippen LogP contribution in [0.15, 0.2) is 60.4 Å². The molecule has 1 N–H and O–H groups in total. The van der Waals surface area contributed by atoms with Gasteiger partial charge in [-0.25, -0.2) is 14.2 Å². The summed E-state index contributed by atoms with van der Waals surface area (Å²) in [6.07, 6.45) is 3.36. The number of carbonyl (C=O) groups is 2. The van der Waals surface area contributed by atoms with Gasteiger partial charge in [0.05, 0.1) is 6.54 Å². The van der Waals surface area contributed by atoms with Crippen molar-refractivity contribution < 1.29 is 14.0 Å². The highest BCUT2D eigenvalue weighted by atomic mass is 19.1. The summed E-state index contributed by atoms with van der Waals surface area (Å²) in [5, 5.41) is 2.59. The number of amides is 3. The normalized spacial score (nSPS) is 15.3. The second kappa shape index (κ2) is 7.35. The van der Waals surface area contributed by atoms with Gasteiger partial charge in [-0.15, -0.1) is 0 Å². The van der Waals surface area contributed by atoms with Crippen LogP contribution in [0.2, 0.25) is 0 Å². The molecule has 29 heavy (non-hydrogen) atoms. The maximum Gasteiger partial charge on any atom is 0.329 e. The molecule has 7 heteroatoms. The molecule has 3 amide bonds. The first-order chi connectivity index (χ1) is 14.0. The quantitative estimate of drug-likeness (QED) is 0.545. The lowest BCUT2D eigenvalue weighted by Crippen LogP contribution is -2.30. The van der Waals surface area contributed by atoms with Crippen molar-refractivity contribution >= 4 is 18.0 Å². The molecule has 6 nitrogen and oxygen atoms in total. The Labute approximate surface area is 167 Å². The van der Waals surface area contributed by atoms with Crippen LogP contribution in [0.25, 0.3) is 11.9 Å². The van der Waals surface area contributed by atoms with E-state index < -0.39 is 17.8 Å². The van der Waals surface area contributed by atoms with Crippen molar-refractivity contribution in [2.75, 3.05) is 0 Å². The molecule has 0 unspecified atom stereocenters. The second-order valence-electron chi connectivity index (χ2n) is 6.82. The van der Waals surface area contributed by atoms with Crippen molar-refractivity contribution in [1.29, 1.82) is 0 Å². The summed E-state index contributed by atoms with van der Waals surface area (Å²) in [6.45, 7) is 3.75. The molecule has 3 heterocycles. The Balaban J connectivity index is 1.64. The third-order valence-corrected chi connectivity index (χ3v) is 4.90. The zero-order valence-corrected chi connectivity index (χ0v) is 16.0. The van der Waals surface area contributed by atoms with E-state index in [1.54, 1.807) is 30.5 Å². The number of hydrogen-bond acceptors (Lipinski definition) is 3. The average Bonchev–Trinajstić information content (AvgIpc) is 3.13. The molecule has 1 aliphatic heterocycles. The molecule has 1 fully saturated rings. The van der Waals surface area contributed by atoms with Crippen LogP contribution < -0.4 is 5.32 Å². The molecule has 4 rings (SSSR count). The van der Waals surface area contributed by atoms with Gasteiger partial charge in [-0.1, -0.05) is 24.3 Å². The maximum atomic E-state index is 13.9. The number of nitrogens with one attached hydrogen (secondary N) is 1. The van der Waals surface area contributed by atoms with E-state index in [0.29, 0.717) is 0 Å². The smallest absolute Gasteiger partial charge is 0.303 e. The molecular weight excluding hydrogens is 371 g/mol. The zero-order chi connectivity index (χ0) is 20.5. The van der Waals surface area contributed by atoms with Crippen molar-refractivity contribution in [3.8, 4) is 5.82 Å². The van der Waals surface area contributed by atoms with E-state index in [9.17, 15) is 14.0 Å². The van der Waals surface area contributed by atoms with E-state index in [1.807, 2.05) is 42.7 Å². The van der Waals surface area contributed by atoms with Gasteiger partial charge in [0.1, 0.15) is 17.3 Å². The van der Waals surface area contributed by atoms with E-state index in [2.05, 4.69) is 10.3 Å². The maximum absolute atomic E-state index is 13.9. The fourth-order valence-electron chi connectivity index (χ4n) is 3.44. The molecule has 3 aromatic rings. The Morgan fingerprint density at radius 1 is 1.10 bits per heavy atom. The number of aryl methyl sites for hydroxylation is 1. The molecule has 0 spiro atoms. The number of carbonyl (C=O) groups excluding carboxylic acids is 2. The summed E-state index contributed by atoms with van der Waals surface area (Å²) in [7, 11) is 0. The molecule has 2 aromatic heterocycles. The number of aromatic nitrogens is 2. The van der Waals surface area contributed by atoms with Gasteiger partial charge in [0.2, 0.25) is 0 Å². The molecule has 0 saturated carbocycles. The molecule has 0 atom stereocenters. The summed E-state index contributed by atoms with van der Waals surface area (Å²) in [5.74, 6) is -0.166. The van der Waals surface area contributed by atoms with Gasteiger partial charge >= 0.3 is 6.03 Å². The Hall–Kier alpha value is -3.74. The van der Waals surface area contributed by atoms with E-state index in [0.717, 1.165) is 27.7 Å². The molecule has 0 radical (unpaired) electrons. The first-order valence-electron chi connectivity index (χ1n) is 9.14. The Morgan fingerprint density at radius 2 is 1.86 bits per heavy atom. The van der Waals surface area contributed by atoms with Gasteiger partial charge in [0.25, 0.3) is 5.91 Å². The predicted molar refractivity (Wildman–Crippen MR) is 106 cm³/mol. The van der Waals surface area contributed by atoms with Gasteiger partial charge in [0.15, 0.2) is 0 Å². The van der Waals surface area contributed by atoms with Gasteiger partial charge in [0, 0.05) is 23.1 Å². The molecular formula is C22H19FN4O2. The van der Waals surface area contributed by atoms with Gasteiger partial charge < -0.3 is 9.88 Å². The van der Waals surface area contributed by atoms with Crippen LogP contribution in [0.5, 0.6) is 0 Å². The molecule has 0 aliphatic carbocycles. The number of benzene rings is 1. The van der Waals surface area contributed by atoms with Crippen LogP contribution in [0.4, 0.5) is 9.18 Å². The third-order valence-electron chi connectivity index (χ3n) is 4.90.